The maximum atomic E-state index is 12.1. The first kappa shape index (κ1) is 25.8. The molecule has 2 saturated carbocycles. The van der Waals surface area contributed by atoms with Crippen LogP contribution >= 0.6 is 0 Å². The lowest BCUT2D eigenvalue weighted by atomic mass is 9.60. The molecule has 0 radical (unpaired) electrons. The summed E-state index contributed by atoms with van der Waals surface area (Å²) >= 11 is 0. The number of nitrogens with one attached hydrogen (secondary N) is 2. The van der Waals surface area contributed by atoms with E-state index in [0.29, 0.717) is 17.9 Å². The summed E-state index contributed by atoms with van der Waals surface area (Å²) in [6, 6.07) is 10.3. The monoisotopic (exact) mass is 485 g/mol. The van der Waals surface area contributed by atoms with Crippen molar-refractivity contribution in [1.82, 2.24) is 15.5 Å². The molecule has 1 aromatic carbocycles. The SMILES string of the molecule is CC(C)(C)OC(=O)NC1CC2(CCN(C[C@H]3CC[C@H](NC(=O)OCc4ccccc4)CC3)CC2)C1. The molecule has 1 heterocycles. The summed E-state index contributed by atoms with van der Waals surface area (Å²) < 4.78 is 10.8. The molecule has 1 aromatic rings. The highest BCUT2D eigenvalue weighted by atomic mass is 16.6. The Balaban J connectivity index is 1.08. The average Bonchev–Trinajstić information content (AvgIpc) is 2.79. The Labute approximate surface area is 210 Å². The number of hydrogen-bond acceptors (Lipinski definition) is 5. The zero-order valence-corrected chi connectivity index (χ0v) is 21.7. The van der Waals surface area contributed by atoms with Crippen LogP contribution in [0.25, 0.3) is 0 Å². The van der Waals surface area contributed by atoms with Gasteiger partial charge >= 0.3 is 12.2 Å². The van der Waals surface area contributed by atoms with Gasteiger partial charge in [0.25, 0.3) is 0 Å². The van der Waals surface area contributed by atoms with Crippen LogP contribution in [-0.4, -0.2) is 54.4 Å². The highest BCUT2D eigenvalue weighted by Crippen LogP contribution is 2.49. The van der Waals surface area contributed by atoms with Gasteiger partial charge in [-0.2, -0.15) is 0 Å². The predicted octanol–water partition coefficient (Wildman–Crippen LogP) is 5.24. The summed E-state index contributed by atoms with van der Waals surface area (Å²) in [5.74, 6) is 0.713. The van der Waals surface area contributed by atoms with E-state index in [1.54, 1.807) is 0 Å². The molecule has 7 nitrogen and oxygen atoms in total. The zero-order chi connectivity index (χ0) is 24.9. The molecular formula is C28H43N3O4. The molecule has 0 bridgehead atoms. The van der Waals surface area contributed by atoms with Gasteiger partial charge < -0.3 is 25.0 Å². The first-order valence-corrected chi connectivity index (χ1v) is 13.4. The fourth-order valence-electron chi connectivity index (χ4n) is 5.97. The Morgan fingerprint density at radius 2 is 1.57 bits per heavy atom. The fraction of sp³-hybridized carbons (Fsp3) is 0.714. The van der Waals surface area contributed by atoms with Gasteiger partial charge in [-0.25, -0.2) is 9.59 Å². The predicted molar refractivity (Wildman–Crippen MR) is 136 cm³/mol. The van der Waals surface area contributed by atoms with E-state index >= 15 is 0 Å². The number of hydrogen-bond donors (Lipinski definition) is 2. The van der Waals surface area contributed by atoms with Crippen molar-refractivity contribution in [3.05, 3.63) is 35.9 Å². The largest absolute Gasteiger partial charge is 0.445 e. The smallest absolute Gasteiger partial charge is 0.407 e. The van der Waals surface area contributed by atoms with Gasteiger partial charge in [-0.3, -0.25) is 0 Å². The summed E-state index contributed by atoms with van der Waals surface area (Å²) in [7, 11) is 0. The van der Waals surface area contributed by atoms with Crippen molar-refractivity contribution in [2.75, 3.05) is 19.6 Å². The topological polar surface area (TPSA) is 79.9 Å². The Kier molecular flexibility index (Phi) is 8.25. The second-order valence-corrected chi connectivity index (χ2v) is 12.0. The van der Waals surface area contributed by atoms with E-state index in [9.17, 15) is 9.59 Å². The fourth-order valence-corrected chi connectivity index (χ4v) is 5.97. The lowest BCUT2D eigenvalue weighted by Crippen LogP contribution is -2.55. The van der Waals surface area contributed by atoms with Crippen molar-refractivity contribution in [1.29, 1.82) is 0 Å². The third-order valence-corrected chi connectivity index (χ3v) is 7.89. The molecule has 0 unspecified atom stereocenters. The molecule has 1 saturated heterocycles. The van der Waals surface area contributed by atoms with Gasteiger partial charge in [0.2, 0.25) is 0 Å². The minimum absolute atomic E-state index is 0.225. The van der Waals surface area contributed by atoms with E-state index in [-0.39, 0.29) is 24.3 Å². The van der Waals surface area contributed by atoms with E-state index < -0.39 is 5.60 Å². The number of carbonyl (C=O) groups is 2. The van der Waals surface area contributed by atoms with E-state index in [1.807, 2.05) is 51.1 Å². The number of alkyl carbamates (subject to hydrolysis) is 2. The number of nitrogens with zero attached hydrogens (tertiary/aromatic N) is 1. The minimum atomic E-state index is -0.447. The zero-order valence-electron chi connectivity index (χ0n) is 21.7. The van der Waals surface area contributed by atoms with Crippen molar-refractivity contribution in [2.45, 2.75) is 96.4 Å². The van der Waals surface area contributed by atoms with Gasteiger partial charge in [-0.05, 0) is 102 Å². The molecule has 4 rings (SSSR count). The molecule has 7 heteroatoms. The van der Waals surface area contributed by atoms with Crippen LogP contribution in [-0.2, 0) is 16.1 Å². The quantitative estimate of drug-likeness (QED) is 0.576. The molecule has 1 aliphatic heterocycles. The van der Waals surface area contributed by atoms with Crippen LogP contribution < -0.4 is 10.6 Å². The van der Waals surface area contributed by atoms with Gasteiger partial charge in [-0.15, -0.1) is 0 Å². The normalized spacial score (nSPS) is 24.9. The number of amides is 2. The Hall–Kier alpha value is -2.28. The standard InChI is InChI=1S/C28H43N3O4/c1-27(2,3)35-26(33)30-24-17-28(18-24)13-15-31(16-14-28)19-21-9-11-23(12-10-21)29-25(32)34-20-22-7-5-4-6-8-22/h4-8,21,23-24H,9-20H2,1-3H3,(H,29,32)(H,30,33)/t21-,23-. The Morgan fingerprint density at radius 3 is 2.20 bits per heavy atom. The van der Waals surface area contributed by atoms with Crippen LogP contribution in [0.5, 0.6) is 0 Å². The first-order valence-electron chi connectivity index (χ1n) is 13.4. The third-order valence-electron chi connectivity index (χ3n) is 7.89. The summed E-state index contributed by atoms with van der Waals surface area (Å²) in [4.78, 5) is 26.8. The first-order chi connectivity index (χ1) is 16.7. The molecule has 3 aliphatic rings. The van der Waals surface area contributed by atoms with Crippen molar-refractivity contribution in [3.63, 3.8) is 0 Å². The molecule has 0 atom stereocenters. The number of piperidine rings is 1. The molecule has 3 fully saturated rings. The Bertz CT molecular complexity index is 830. The molecule has 0 aromatic heterocycles. The second-order valence-electron chi connectivity index (χ2n) is 12.0. The number of benzene rings is 1. The maximum Gasteiger partial charge on any atom is 0.407 e. The molecule has 2 N–H and O–H groups in total. The van der Waals surface area contributed by atoms with E-state index in [0.717, 1.165) is 57.2 Å². The highest BCUT2D eigenvalue weighted by molar-refractivity contribution is 5.68. The van der Waals surface area contributed by atoms with Gasteiger partial charge in [-0.1, -0.05) is 30.3 Å². The molecular weight excluding hydrogens is 442 g/mol. The Morgan fingerprint density at radius 1 is 0.943 bits per heavy atom. The van der Waals surface area contributed by atoms with Crippen LogP contribution in [0.2, 0.25) is 0 Å². The molecule has 1 spiro atoms. The van der Waals surface area contributed by atoms with Gasteiger partial charge in [0.05, 0.1) is 0 Å². The number of likely N-dealkylation sites (tertiary alicyclic amines) is 1. The summed E-state index contributed by atoms with van der Waals surface area (Å²) in [6.07, 6.45) is 8.40. The van der Waals surface area contributed by atoms with Crippen LogP contribution in [0.3, 0.4) is 0 Å². The average molecular weight is 486 g/mol. The minimum Gasteiger partial charge on any atom is -0.445 e. The lowest BCUT2D eigenvalue weighted by Gasteiger charge is -2.52. The number of carbonyl (C=O) groups excluding carboxylic acids is 2. The van der Waals surface area contributed by atoms with Gasteiger partial charge in [0.1, 0.15) is 12.2 Å². The molecule has 35 heavy (non-hydrogen) atoms. The van der Waals surface area contributed by atoms with Crippen LogP contribution in [0.15, 0.2) is 30.3 Å². The van der Waals surface area contributed by atoms with Crippen molar-refractivity contribution in [2.24, 2.45) is 11.3 Å². The van der Waals surface area contributed by atoms with Crippen molar-refractivity contribution in [3.8, 4) is 0 Å². The maximum absolute atomic E-state index is 12.1. The molecule has 194 valence electrons. The summed E-state index contributed by atoms with van der Waals surface area (Å²) in [5, 5.41) is 6.10. The third kappa shape index (κ3) is 7.86. The lowest BCUT2D eigenvalue weighted by molar-refractivity contribution is -0.00680. The highest BCUT2D eigenvalue weighted by Gasteiger charge is 2.46. The summed E-state index contributed by atoms with van der Waals surface area (Å²) in [5.41, 5.74) is 0.974. The van der Waals surface area contributed by atoms with E-state index in [4.69, 9.17) is 9.47 Å². The summed E-state index contributed by atoms with van der Waals surface area (Å²) in [6.45, 7) is 9.49. The van der Waals surface area contributed by atoms with Crippen molar-refractivity contribution >= 4 is 12.2 Å². The van der Waals surface area contributed by atoms with E-state index in [2.05, 4.69) is 15.5 Å². The molecule has 2 aliphatic carbocycles. The molecule has 2 amide bonds. The van der Waals surface area contributed by atoms with Crippen LogP contribution in [0, 0.1) is 11.3 Å². The second kappa shape index (κ2) is 11.2. The van der Waals surface area contributed by atoms with Gasteiger partial charge in [0, 0.05) is 18.6 Å². The van der Waals surface area contributed by atoms with Crippen LogP contribution in [0.1, 0.15) is 77.7 Å². The van der Waals surface area contributed by atoms with Gasteiger partial charge in [0.15, 0.2) is 0 Å². The number of ether oxygens (including phenoxy) is 2. The van der Waals surface area contributed by atoms with E-state index in [1.165, 1.54) is 19.4 Å². The van der Waals surface area contributed by atoms with Crippen molar-refractivity contribution < 1.29 is 19.1 Å². The number of rotatable bonds is 6. The van der Waals surface area contributed by atoms with Crippen LogP contribution in [0.4, 0.5) is 9.59 Å².